The minimum Gasteiger partial charge on any atom is -0.465 e. The third kappa shape index (κ3) is 2.43. The molecular formula is C14H19BrN2O3. The van der Waals surface area contributed by atoms with E-state index in [1.54, 1.807) is 13.0 Å². The van der Waals surface area contributed by atoms with E-state index in [9.17, 15) is 9.90 Å². The molecule has 0 spiro atoms. The van der Waals surface area contributed by atoms with Crippen LogP contribution in [0, 0.1) is 12.8 Å². The summed E-state index contributed by atoms with van der Waals surface area (Å²) in [6.45, 7) is 2.29. The van der Waals surface area contributed by atoms with Crippen LogP contribution in [0.25, 0.3) is 0 Å². The van der Waals surface area contributed by atoms with Crippen LogP contribution in [0.5, 0.6) is 0 Å². The number of aryl methyl sites for hydroxylation is 1. The van der Waals surface area contributed by atoms with Crippen molar-refractivity contribution in [1.82, 2.24) is 4.98 Å². The second kappa shape index (κ2) is 6.11. The molecule has 5 nitrogen and oxygen atoms in total. The summed E-state index contributed by atoms with van der Waals surface area (Å²) in [5, 5.41) is 10.8. The standard InChI is InChI=1S/C14H19BrN2O3/c1-7-11(14(19)20-2)12-9(8(5-15)6-16)3-4-10(18)13(12)17-7/h3-4,8-10,17-18H,5-6,16H2,1-2H3/t8-,9?,10?/m1/s1. The number of halogens is 1. The van der Waals surface area contributed by atoms with E-state index in [0.29, 0.717) is 23.5 Å². The molecule has 6 heteroatoms. The zero-order chi connectivity index (χ0) is 14.9. The van der Waals surface area contributed by atoms with Crippen molar-refractivity contribution >= 4 is 21.9 Å². The zero-order valence-corrected chi connectivity index (χ0v) is 13.1. The third-order valence-corrected chi connectivity index (χ3v) is 4.62. The Morgan fingerprint density at radius 1 is 1.60 bits per heavy atom. The molecule has 0 fully saturated rings. The van der Waals surface area contributed by atoms with Gasteiger partial charge in [0.15, 0.2) is 0 Å². The van der Waals surface area contributed by atoms with E-state index < -0.39 is 12.1 Å². The number of allylic oxidation sites excluding steroid dienone is 1. The molecule has 0 amide bonds. The van der Waals surface area contributed by atoms with Crippen molar-refractivity contribution in [3.05, 3.63) is 34.7 Å². The van der Waals surface area contributed by atoms with Crippen molar-refractivity contribution in [3.8, 4) is 0 Å². The maximum atomic E-state index is 12.0. The monoisotopic (exact) mass is 342 g/mol. The van der Waals surface area contributed by atoms with Crippen LogP contribution in [0.2, 0.25) is 0 Å². The number of alkyl halides is 1. The molecule has 1 aromatic heterocycles. The van der Waals surface area contributed by atoms with Gasteiger partial charge in [-0.05, 0) is 24.9 Å². The Labute approximate surface area is 126 Å². The lowest BCUT2D eigenvalue weighted by atomic mass is 9.80. The van der Waals surface area contributed by atoms with E-state index in [1.807, 2.05) is 6.08 Å². The normalized spacial score (nSPS) is 22.4. The average molecular weight is 343 g/mol. The van der Waals surface area contributed by atoms with Crippen molar-refractivity contribution in [2.75, 3.05) is 19.0 Å². The van der Waals surface area contributed by atoms with Crippen molar-refractivity contribution in [1.29, 1.82) is 0 Å². The van der Waals surface area contributed by atoms with Crippen LogP contribution in [-0.2, 0) is 4.74 Å². The summed E-state index contributed by atoms with van der Waals surface area (Å²) < 4.78 is 4.86. The molecule has 110 valence electrons. The fourth-order valence-electron chi connectivity index (χ4n) is 2.73. The lowest BCUT2D eigenvalue weighted by Crippen LogP contribution is -2.26. The van der Waals surface area contributed by atoms with Gasteiger partial charge in [-0.25, -0.2) is 4.79 Å². The highest BCUT2D eigenvalue weighted by Gasteiger charge is 2.34. The maximum absolute atomic E-state index is 12.0. The van der Waals surface area contributed by atoms with E-state index in [-0.39, 0.29) is 11.8 Å². The number of aliphatic hydroxyl groups excluding tert-OH is 1. The van der Waals surface area contributed by atoms with E-state index >= 15 is 0 Å². The van der Waals surface area contributed by atoms with Gasteiger partial charge in [0.05, 0.1) is 18.4 Å². The van der Waals surface area contributed by atoms with E-state index in [0.717, 1.165) is 10.9 Å². The van der Waals surface area contributed by atoms with E-state index in [1.165, 1.54) is 7.11 Å². The largest absolute Gasteiger partial charge is 0.465 e. The van der Waals surface area contributed by atoms with Crippen LogP contribution in [0.1, 0.15) is 39.3 Å². The van der Waals surface area contributed by atoms with Crippen LogP contribution in [0.4, 0.5) is 0 Å². The number of esters is 1. The van der Waals surface area contributed by atoms with Crippen molar-refractivity contribution < 1.29 is 14.6 Å². The van der Waals surface area contributed by atoms with Crippen molar-refractivity contribution in [3.63, 3.8) is 0 Å². The van der Waals surface area contributed by atoms with Crippen LogP contribution in [-0.4, -0.2) is 35.0 Å². The number of aromatic amines is 1. The van der Waals surface area contributed by atoms with Crippen molar-refractivity contribution in [2.24, 2.45) is 11.7 Å². The van der Waals surface area contributed by atoms with Crippen LogP contribution in [0.3, 0.4) is 0 Å². The van der Waals surface area contributed by atoms with Gasteiger partial charge in [0, 0.05) is 16.9 Å². The predicted molar refractivity (Wildman–Crippen MR) is 80.0 cm³/mol. The molecule has 4 N–H and O–H groups in total. The average Bonchev–Trinajstić information content (AvgIpc) is 2.80. The Bertz CT molecular complexity index is 535. The molecule has 0 aromatic carbocycles. The van der Waals surface area contributed by atoms with Gasteiger partial charge in [-0.1, -0.05) is 28.1 Å². The number of methoxy groups -OCH3 is 1. The van der Waals surface area contributed by atoms with Gasteiger partial charge in [-0.3, -0.25) is 0 Å². The Hall–Kier alpha value is -1.11. The molecule has 1 heterocycles. The molecule has 3 atom stereocenters. The third-order valence-electron chi connectivity index (χ3n) is 3.78. The molecule has 0 radical (unpaired) electrons. The zero-order valence-electron chi connectivity index (χ0n) is 11.5. The Balaban J connectivity index is 2.58. The highest BCUT2D eigenvalue weighted by atomic mass is 79.9. The Kier molecular flexibility index (Phi) is 4.67. The fraction of sp³-hybridized carbons (Fsp3) is 0.500. The number of carbonyl (C=O) groups excluding carboxylic acids is 1. The molecule has 0 saturated heterocycles. The van der Waals surface area contributed by atoms with Gasteiger partial charge in [0.1, 0.15) is 6.10 Å². The number of carbonyl (C=O) groups is 1. The van der Waals surface area contributed by atoms with Gasteiger partial charge in [-0.15, -0.1) is 0 Å². The molecule has 1 aromatic rings. The Morgan fingerprint density at radius 2 is 2.30 bits per heavy atom. The minimum absolute atomic E-state index is 0.0168. The summed E-state index contributed by atoms with van der Waals surface area (Å²) in [5.41, 5.74) is 8.50. The first-order valence-electron chi connectivity index (χ1n) is 6.48. The summed E-state index contributed by atoms with van der Waals surface area (Å²) in [7, 11) is 1.36. The second-order valence-electron chi connectivity index (χ2n) is 4.95. The second-order valence-corrected chi connectivity index (χ2v) is 5.60. The molecule has 0 aliphatic heterocycles. The number of aliphatic hydroxyl groups is 1. The number of ether oxygens (including phenoxy) is 1. The Morgan fingerprint density at radius 3 is 2.85 bits per heavy atom. The molecule has 1 aliphatic carbocycles. The molecule has 0 bridgehead atoms. The number of nitrogens with one attached hydrogen (secondary N) is 1. The van der Waals surface area contributed by atoms with Crippen LogP contribution >= 0.6 is 15.9 Å². The summed E-state index contributed by atoms with van der Waals surface area (Å²) in [6, 6.07) is 0. The number of nitrogens with two attached hydrogens (primary N) is 1. The molecule has 2 rings (SSSR count). The first kappa shape index (κ1) is 15.3. The van der Waals surface area contributed by atoms with Crippen molar-refractivity contribution in [2.45, 2.75) is 18.9 Å². The van der Waals surface area contributed by atoms with Gasteiger partial charge in [0.25, 0.3) is 0 Å². The number of hydrogen-bond acceptors (Lipinski definition) is 4. The van der Waals surface area contributed by atoms with Gasteiger partial charge in [-0.2, -0.15) is 0 Å². The summed E-state index contributed by atoms with van der Waals surface area (Å²) >= 11 is 3.46. The number of fused-ring (bicyclic) bond motifs is 1. The lowest BCUT2D eigenvalue weighted by Gasteiger charge is -2.27. The molecule has 2 unspecified atom stereocenters. The minimum atomic E-state index is -0.730. The highest BCUT2D eigenvalue weighted by molar-refractivity contribution is 9.09. The van der Waals surface area contributed by atoms with Gasteiger partial charge >= 0.3 is 5.97 Å². The number of rotatable bonds is 4. The number of hydrogen-bond donors (Lipinski definition) is 3. The molecule has 20 heavy (non-hydrogen) atoms. The quantitative estimate of drug-likeness (QED) is 0.442. The van der Waals surface area contributed by atoms with Crippen LogP contribution < -0.4 is 5.73 Å². The number of H-pyrrole nitrogens is 1. The van der Waals surface area contributed by atoms with Gasteiger partial charge < -0.3 is 20.6 Å². The SMILES string of the molecule is COC(=O)c1c(C)[nH]c2c1C([C@@H](CN)CBr)C=CC2O. The maximum Gasteiger partial charge on any atom is 0.339 e. The topological polar surface area (TPSA) is 88.3 Å². The van der Waals surface area contributed by atoms with Gasteiger partial charge in [0.2, 0.25) is 0 Å². The summed E-state index contributed by atoms with van der Waals surface area (Å²) in [4.78, 5) is 15.1. The predicted octanol–water partition coefficient (Wildman–Crippen LogP) is 1.77. The van der Waals surface area contributed by atoms with E-state index in [2.05, 4.69) is 20.9 Å². The summed E-state index contributed by atoms with van der Waals surface area (Å²) in [6.07, 6.45) is 2.92. The molecule has 1 aliphatic rings. The van der Waals surface area contributed by atoms with E-state index in [4.69, 9.17) is 10.5 Å². The lowest BCUT2D eigenvalue weighted by molar-refractivity contribution is 0.0598. The first-order valence-corrected chi connectivity index (χ1v) is 7.60. The van der Waals surface area contributed by atoms with Crippen LogP contribution in [0.15, 0.2) is 12.2 Å². The smallest absolute Gasteiger partial charge is 0.339 e. The summed E-state index contributed by atoms with van der Waals surface area (Å²) in [5.74, 6) is -0.259. The molecular weight excluding hydrogens is 324 g/mol. The molecule has 0 saturated carbocycles. The first-order chi connectivity index (χ1) is 9.54. The highest BCUT2D eigenvalue weighted by Crippen LogP contribution is 2.40. The number of aromatic nitrogens is 1. The fourth-order valence-corrected chi connectivity index (χ4v) is 3.40.